The van der Waals surface area contributed by atoms with E-state index in [0.29, 0.717) is 6.42 Å². The van der Waals surface area contributed by atoms with Gasteiger partial charge >= 0.3 is 0 Å². The summed E-state index contributed by atoms with van der Waals surface area (Å²) in [6, 6.07) is 8.74. The first kappa shape index (κ1) is 11.9. The molecule has 1 N–H and O–H groups in total. The first-order valence-electron chi connectivity index (χ1n) is 5.66. The van der Waals surface area contributed by atoms with E-state index >= 15 is 0 Å². The first-order valence-corrected chi connectivity index (χ1v) is 5.66. The van der Waals surface area contributed by atoms with E-state index in [0.717, 1.165) is 16.9 Å². The molecule has 2 rings (SSSR count). The van der Waals surface area contributed by atoms with Crippen LogP contribution in [0.4, 0.5) is 4.39 Å². The molecular weight excluding hydrogens is 217 g/mol. The summed E-state index contributed by atoms with van der Waals surface area (Å²) in [7, 11) is 1.88. The highest BCUT2D eigenvalue weighted by molar-refractivity contribution is 5.28. The fourth-order valence-electron chi connectivity index (χ4n) is 1.91. The molecule has 0 aliphatic rings. The topological polar surface area (TPSA) is 25.2 Å². The highest BCUT2D eigenvalue weighted by Gasteiger charge is 2.14. The Bertz CT molecular complexity index is 479. The second kappa shape index (κ2) is 5.15. The van der Waals surface area contributed by atoms with Gasteiger partial charge in [-0.3, -0.25) is 0 Å². The van der Waals surface area contributed by atoms with Crippen LogP contribution >= 0.6 is 0 Å². The van der Waals surface area contributed by atoms with Crippen molar-refractivity contribution in [3.05, 3.63) is 59.3 Å². The number of aryl methyl sites for hydroxylation is 1. The van der Waals surface area contributed by atoms with Gasteiger partial charge in [-0.15, -0.1) is 0 Å². The van der Waals surface area contributed by atoms with E-state index < -0.39 is 0 Å². The average molecular weight is 233 g/mol. The molecule has 0 spiro atoms. The Kier molecular flexibility index (Phi) is 3.59. The summed E-state index contributed by atoms with van der Waals surface area (Å²) in [6.07, 6.45) is 2.37. The number of rotatable bonds is 4. The van der Waals surface area contributed by atoms with Crippen molar-refractivity contribution in [2.45, 2.75) is 19.4 Å². The van der Waals surface area contributed by atoms with Crippen LogP contribution in [-0.4, -0.2) is 7.05 Å². The number of hydrogen-bond acceptors (Lipinski definition) is 2. The normalized spacial score (nSPS) is 12.6. The highest BCUT2D eigenvalue weighted by Crippen LogP contribution is 2.21. The van der Waals surface area contributed by atoms with Crippen LogP contribution in [0.15, 0.2) is 41.0 Å². The summed E-state index contributed by atoms with van der Waals surface area (Å²) >= 11 is 0. The SMILES string of the molecule is CNC(Cc1cc(F)ccc1C)c1ccco1. The lowest BCUT2D eigenvalue weighted by Gasteiger charge is -2.15. The molecule has 1 aromatic carbocycles. The van der Waals surface area contributed by atoms with E-state index in [1.165, 1.54) is 6.07 Å². The molecule has 17 heavy (non-hydrogen) atoms. The van der Waals surface area contributed by atoms with Crippen molar-refractivity contribution in [1.82, 2.24) is 5.32 Å². The number of likely N-dealkylation sites (N-methyl/N-ethyl adjacent to an activating group) is 1. The summed E-state index contributed by atoms with van der Waals surface area (Å²) in [6.45, 7) is 1.99. The van der Waals surface area contributed by atoms with E-state index in [1.54, 1.807) is 18.4 Å². The van der Waals surface area contributed by atoms with Gasteiger partial charge in [-0.1, -0.05) is 6.07 Å². The molecule has 1 unspecified atom stereocenters. The van der Waals surface area contributed by atoms with Gasteiger partial charge in [0.15, 0.2) is 0 Å². The monoisotopic (exact) mass is 233 g/mol. The van der Waals surface area contributed by atoms with Crippen molar-refractivity contribution >= 4 is 0 Å². The number of halogens is 1. The number of benzene rings is 1. The van der Waals surface area contributed by atoms with Gasteiger partial charge in [-0.25, -0.2) is 4.39 Å². The van der Waals surface area contributed by atoms with Crippen molar-refractivity contribution < 1.29 is 8.81 Å². The summed E-state index contributed by atoms with van der Waals surface area (Å²) in [5, 5.41) is 3.18. The van der Waals surface area contributed by atoms with Crippen molar-refractivity contribution in [1.29, 1.82) is 0 Å². The maximum absolute atomic E-state index is 13.2. The molecular formula is C14H16FNO. The maximum Gasteiger partial charge on any atom is 0.123 e. The Labute approximate surface area is 100 Å². The molecule has 1 heterocycles. The molecule has 1 atom stereocenters. The lowest BCUT2D eigenvalue weighted by Crippen LogP contribution is -2.18. The van der Waals surface area contributed by atoms with E-state index in [1.807, 2.05) is 26.1 Å². The molecule has 0 radical (unpaired) electrons. The minimum atomic E-state index is -0.195. The molecule has 0 amide bonds. The largest absolute Gasteiger partial charge is 0.468 e. The second-order valence-electron chi connectivity index (χ2n) is 4.13. The smallest absolute Gasteiger partial charge is 0.123 e. The zero-order valence-corrected chi connectivity index (χ0v) is 10.0. The zero-order valence-electron chi connectivity index (χ0n) is 10.0. The molecule has 3 heteroatoms. The molecule has 0 aliphatic heterocycles. The quantitative estimate of drug-likeness (QED) is 0.877. The molecule has 90 valence electrons. The van der Waals surface area contributed by atoms with Gasteiger partial charge in [0.2, 0.25) is 0 Å². The lowest BCUT2D eigenvalue weighted by atomic mass is 9.99. The Hall–Kier alpha value is -1.61. The Balaban J connectivity index is 2.21. The van der Waals surface area contributed by atoms with Crippen LogP contribution in [0.5, 0.6) is 0 Å². The van der Waals surface area contributed by atoms with Crippen molar-refractivity contribution in [2.75, 3.05) is 7.05 Å². The predicted molar refractivity (Wildman–Crippen MR) is 65.3 cm³/mol. The van der Waals surface area contributed by atoms with E-state index in [-0.39, 0.29) is 11.9 Å². The standard InChI is InChI=1S/C14H16FNO/c1-10-5-6-12(15)8-11(10)9-13(16-2)14-4-3-7-17-14/h3-8,13,16H,9H2,1-2H3. The molecule has 0 saturated heterocycles. The summed E-state index contributed by atoms with van der Waals surface area (Å²) in [5.74, 6) is 0.677. The molecule has 1 aromatic heterocycles. The number of hydrogen-bond donors (Lipinski definition) is 1. The van der Waals surface area contributed by atoms with Gasteiger partial charge in [0, 0.05) is 0 Å². The van der Waals surface area contributed by atoms with Gasteiger partial charge in [-0.2, -0.15) is 0 Å². The highest BCUT2D eigenvalue weighted by atomic mass is 19.1. The summed E-state index contributed by atoms with van der Waals surface area (Å²) in [5.41, 5.74) is 2.10. The lowest BCUT2D eigenvalue weighted by molar-refractivity contribution is 0.428. The fourth-order valence-corrected chi connectivity index (χ4v) is 1.91. The molecule has 0 saturated carbocycles. The molecule has 2 nitrogen and oxygen atoms in total. The van der Waals surface area contributed by atoms with Gasteiger partial charge in [0.05, 0.1) is 12.3 Å². The van der Waals surface area contributed by atoms with Crippen LogP contribution in [0.3, 0.4) is 0 Å². The van der Waals surface area contributed by atoms with Crippen LogP contribution in [-0.2, 0) is 6.42 Å². The number of nitrogens with one attached hydrogen (secondary N) is 1. The Morgan fingerprint density at radius 1 is 1.35 bits per heavy atom. The predicted octanol–water partition coefficient (Wildman–Crippen LogP) is 3.23. The van der Waals surface area contributed by atoms with Gasteiger partial charge in [0.1, 0.15) is 11.6 Å². The number of furan rings is 1. The average Bonchev–Trinajstić information content (AvgIpc) is 2.84. The Morgan fingerprint density at radius 3 is 2.82 bits per heavy atom. The van der Waals surface area contributed by atoms with E-state index in [4.69, 9.17) is 4.42 Å². The summed E-state index contributed by atoms with van der Waals surface area (Å²) in [4.78, 5) is 0. The van der Waals surface area contributed by atoms with Crippen molar-refractivity contribution in [3.8, 4) is 0 Å². The second-order valence-corrected chi connectivity index (χ2v) is 4.13. The van der Waals surface area contributed by atoms with Gasteiger partial charge < -0.3 is 9.73 Å². The molecule has 0 aliphatic carbocycles. The third-order valence-corrected chi connectivity index (χ3v) is 2.97. The zero-order chi connectivity index (χ0) is 12.3. The Morgan fingerprint density at radius 2 is 2.18 bits per heavy atom. The first-order chi connectivity index (χ1) is 8.20. The van der Waals surface area contributed by atoms with Crippen molar-refractivity contribution in [3.63, 3.8) is 0 Å². The summed E-state index contributed by atoms with van der Waals surface area (Å²) < 4.78 is 18.6. The third-order valence-electron chi connectivity index (χ3n) is 2.97. The van der Waals surface area contributed by atoms with Crippen LogP contribution in [0.25, 0.3) is 0 Å². The van der Waals surface area contributed by atoms with Crippen LogP contribution < -0.4 is 5.32 Å². The van der Waals surface area contributed by atoms with Crippen molar-refractivity contribution in [2.24, 2.45) is 0 Å². The minimum Gasteiger partial charge on any atom is -0.468 e. The van der Waals surface area contributed by atoms with Gasteiger partial charge in [0.25, 0.3) is 0 Å². The van der Waals surface area contributed by atoms with Crippen LogP contribution in [0.1, 0.15) is 22.9 Å². The maximum atomic E-state index is 13.2. The van der Waals surface area contributed by atoms with Crippen LogP contribution in [0, 0.1) is 12.7 Å². The molecule has 0 bridgehead atoms. The van der Waals surface area contributed by atoms with E-state index in [2.05, 4.69) is 5.32 Å². The van der Waals surface area contributed by atoms with Gasteiger partial charge in [-0.05, 0) is 55.8 Å². The van der Waals surface area contributed by atoms with E-state index in [9.17, 15) is 4.39 Å². The fraction of sp³-hybridized carbons (Fsp3) is 0.286. The molecule has 2 aromatic rings. The molecule has 0 fully saturated rings. The third kappa shape index (κ3) is 2.74. The van der Waals surface area contributed by atoms with Crippen LogP contribution in [0.2, 0.25) is 0 Å². The minimum absolute atomic E-state index is 0.0745.